The van der Waals surface area contributed by atoms with E-state index in [1.807, 2.05) is 6.92 Å². The maximum atomic E-state index is 12.4. The summed E-state index contributed by atoms with van der Waals surface area (Å²) in [5.74, 6) is -0.241. The second kappa shape index (κ2) is 5.76. The first-order valence-corrected chi connectivity index (χ1v) is 6.78. The summed E-state index contributed by atoms with van der Waals surface area (Å²) >= 11 is 5.84. The minimum Gasteiger partial charge on any atom is -0.336 e. The molecule has 2 unspecified atom stereocenters. The van der Waals surface area contributed by atoms with Gasteiger partial charge in [-0.2, -0.15) is 0 Å². The second-order valence-corrected chi connectivity index (χ2v) is 5.52. The van der Waals surface area contributed by atoms with Crippen LogP contribution in [-0.4, -0.2) is 34.4 Å². The number of nitro benzene ring substituents is 1. The van der Waals surface area contributed by atoms with Crippen LogP contribution in [0.5, 0.6) is 0 Å². The fourth-order valence-corrected chi connectivity index (χ4v) is 2.71. The molecule has 2 N–H and O–H groups in total. The van der Waals surface area contributed by atoms with Gasteiger partial charge in [-0.05, 0) is 25.8 Å². The zero-order chi connectivity index (χ0) is 14.9. The molecule has 1 aromatic carbocycles. The zero-order valence-corrected chi connectivity index (χ0v) is 11.8. The number of amides is 1. The molecule has 1 amide bonds. The lowest BCUT2D eigenvalue weighted by atomic mass is 9.98. The summed E-state index contributed by atoms with van der Waals surface area (Å²) in [6.07, 6.45) is 1.47. The van der Waals surface area contributed by atoms with Gasteiger partial charge in [0, 0.05) is 41.3 Å². The van der Waals surface area contributed by atoms with Crippen molar-refractivity contribution in [2.24, 2.45) is 5.73 Å². The summed E-state index contributed by atoms with van der Waals surface area (Å²) in [6.45, 7) is 2.48. The van der Waals surface area contributed by atoms with Crippen LogP contribution in [0.2, 0.25) is 5.02 Å². The molecular weight excluding hydrogens is 282 g/mol. The lowest BCUT2D eigenvalue weighted by Gasteiger charge is -2.36. The minimum atomic E-state index is -0.557. The number of halogens is 1. The summed E-state index contributed by atoms with van der Waals surface area (Å²) in [5.41, 5.74) is 5.93. The molecule has 1 heterocycles. The van der Waals surface area contributed by atoms with Crippen molar-refractivity contribution in [1.82, 2.24) is 4.90 Å². The molecule has 0 aliphatic carbocycles. The lowest BCUT2D eigenvalue weighted by Crippen LogP contribution is -2.48. The molecule has 1 aliphatic heterocycles. The Balaban J connectivity index is 2.27. The van der Waals surface area contributed by atoms with Crippen LogP contribution >= 0.6 is 11.6 Å². The Hall–Kier alpha value is -1.66. The number of nitrogens with two attached hydrogens (primary N) is 1. The fraction of sp³-hybridized carbons (Fsp3) is 0.462. The van der Waals surface area contributed by atoms with E-state index >= 15 is 0 Å². The van der Waals surface area contributed by atoms with Crippen LogP contribution < -0.4 is 5.73 Å². The van der Waals surface area contributed by atoms with Gasteiger partial charge in [0.15, 0.2) is 0 Å². The van der Waals surface area contributed by atoms with Crippen molar-refractivity contribution in [2.45, 2.75) is 31.8 Å². The summed E-state index contributed by atoms with van der Waals surface area (Å²) < 4.78 is 0. The monoisotopic (exact) mass is 297 g/mol. The molecule has 0 aromatic heterocycles. The van der Waals surface area contributed by atoms with E-state index in [9.17, 15) is 14.9 Å². The number of non-ortho nitro benzene ring substituents is 1. The van der Waals surface area contributed by atoms with Crippen molar-refractivity contribution in [1.29, 1.82) is 0 Å². The second-order valence-electron chi connectivity index (χ2n) is 5.09. The highest BCUT2D eigenvalue weighted by Crippen LogP contribution is 2.24. The number of hydrogen-bond acceptors (Lipinski definition) is 4. The van der Waals surface area contributed by atoms with E-state index in [4.69, 9.17) is 17.3 Å². The highest BCUT2D eigenvalue weighted by molar-refractivity contribution is 6.31. The van der Waals surface area contributed by atoms with Crippen LogP contribution in [0.25, 0.3) is 0 Å². The quantitative estimate of drug-likeness (QED) is 0.669. The van der Waals surface area contributed by atoms with Crippen molar-refractivity contribution in [3.8, 4) is 0 Å². The molecule has 7 heteroatoms. The van der Waals surface area contributed by atoms with Crippen molar-refractivity contribution < 1.29 is 9.72 Å². The Kier molecular flexibility index (Phi) is 4.25. The first kappa shape index (κ1) is 14.7. The van der Waals surface area contributed by atoms with Gasteiger partial charge in [0.25, 0.3) is 11.6 Å². The third kappa shape index (κ3) is 3.08. The van der Waals surface area contributed by atoms with E-state index in [-0.39, 0.29) is 34.3 Å². The van der Waals surface area contributed by atoms with Gasteiger partial charge in [0.05, 0.1) is 4.92 Å². The molecule has 0 saturated carbocycles. The molecule has 0 radical (unpaired) electrons. The van der Waals surface area contributed by atoms with Crippen LogP contribution in [0.3, 0.4) is 0 Å². The van der Waals surface area contributed by atoms with Gasteiger partial charge in [-0.3, -0.25) is 14.9 Å². The molecule has 20 heavy (non-hydrogen) atoms. The number of carbonyl (C=O) groups is 1. The van der Waals surface area contributed by atoms with Crippen molar-refractivity contribution >= 4 is 23.2 Å². The number of hydrogen-bond donors (Lipinski definition) is 1. The summed E-state index contributed by atoms with van der Waals surface area (Å²) in [5, 5.41) is 11.0. The Morgan fingerprint density at radius 1 is 1.50 bits per heavy atom. The maximum absolute atomic E-state index is 12.4. The Morgan fingerprint density at radius 3 is 2.80 bits per heavy atom. The molecular formula is C13H16ClN3O3. The molecule has 6 nitrogen and oxygen atoms in total. The van der Waals surface area contributed by atoms with Gasteiger partial charge in [-0.25, -0.2) is 0 Å². The molecule has 1 saturated heterocycles. The topological polar surface area (TPSA) is 89.5 Å². The molecule has 0 spiro atoms. The van der Waals surface area contributed by atoms with Crippen LogP contribution in [0.4, 0.5) is 5.69 Å². The van der Waals surface area contributed by atoms with Gasteiger partial charge in [0.2, 0.25) is 0 Å². The number of nitro groups is 1. The standard InChI is InChI=1S/C13H16ClN3O3/c1-8-4-11(15)2-3-16(8)13(18)9-5-10(14)7-12(6-9)17(19)20/h5-8,11H,2-4,15H2,1H3. The van der Waals surface area contributed by atoms with Crippen LogP contribution in [0, 0.1) is 10.1 Å². The van der Waals surface area contributed by atoms with Gasteiger partial charge < -0.3 is 10.6 Å². The molecule has 1 aromatic rings. The molecule has 1 aliphatic rings. The van der Waals surface area contributed by atoms with Crippen LogP contribution in [-0.2, 0) is 0 Å². The smallest absolute Gasteiger partial charge is 0.271 e. The van der Waals surface area contributed by atoms with Crippen LogP contribution in [0.15, 0.2) is 18.2 Å². The molecule has 2 atom stereocenters. The van der Waals surface area contributed by atoms with E-state index < -0.39 is 4.92 Å². The number of benzene rings is 1. The number of rotatable bonds is 2. The number of piperidine rings is 1. The van der Waals surface area contributed by atoms with Crippen molar-refractivity contribution in [3.05, 3.63) is 38.9 Å². The van der Waals surface area contributed by atoms with Gasteiger partial charge >= 0.3 is 0 Å². The first-order chi connectivity index (χ1) is 9.38. The minimum absolute atomic E-state index is 0.0179. The Morgan fingerprint density at radius 2 is 2.20 bits per heavy atom. The lowest BCUT2D eigenvalue weighted by molar-refractivity contribution is -0.384. The van der Waals surface area contributed by atoms with Crippen LogP contribution in [0.1, 0.15) is 30.1 Å². The molecule has 108 valence electrons. The van der Waals surface area contributed by atoms with E-state index in [0.717, 1.165) is 12.8 Å². The number of carbonyl (C=O) groups excluding carboxylic acids is 1. The third-order valence-corrected chi connectivity index (χ3v) is 3.74. The highest BCUT2D eigenvalue weighted by Gasteiger charge is 2.28. The molecule has 2 rings (SSSR count). The SMILES string of the molecule is CC1CC(N)CCN1C(=O)c1cc(Cl)cc([N+](=O)[O-])c1. The van der Waals surface area contributed by atoms with E-state index in [1.165, 1.54) is 18.2 Å². The largest absolute Gasteiger partial charge is 0.336 e. The number of nitrogens with zero attached hydrogens (tertiary/aromatic N) is 2. The Bertz CT molecular complexity index is 550. The predicted molar refractivity (Wildman–Crippen MR) is 75.8 cm³/mol. The Labute approximate surface area is 121 Å². The summed E-state index contributed by atoms with van der Waals surface area (Å²) in [6, 6.07) is 4.06. The van der Waals surface area contributed by atoms with Gasteiger partial charge in [-0.15, -0.1) is 0 Å². The summed E-state index contributed by atoms with van der Waals surface area (Å²) in [4.78, 5) is 24.4. The number of likely N-dealkylation sites (tertiary alicyclic amines) is 1. The maximum Gasteiger partial charge on any atom is 0.271 e. The predicted octanol–water partition coefficient (Wildman–Crippen LogP) is 2.20. The van der Waals surface area contributed by atoms with Gasteiger partial charge in [-0.1, -0.05) is 11.6 Å². The molecule has 0 bridgehead atoms. The van der Waals surface area contributed by atoms with E-state index in [0.29, 0.717) is 6.54 Å². The van der Waals surface area contributed by atoms with E-state index in [2.05, 4.69) is 0 Å². The van der Waals surface area contributed by atoms with E-state index in [1.54, 1.807) is 4.90 Å². The zero-order valence-electron chi connectivity index (χ0n) is 11.1. The molecule has 1 fully saturated rings. The summed E-state index contributed by atoms with van der Waals surface area (Å²) in [7, 11) is 0. The third-order valence-electron chi connectivity index (χ3n) is 3.52. The first-order valence-electron chi connectivity index (χ1n) is 6.40. The van der Waals surface area contributed by atoms with Crippen molar-refractivity contribution in [2.75, 3.05) is 6.54 Å². The average Bonchev–Trinajstić information content (AvgIpc) is 2.37. The van der Waals surface area contributed by atoms with Crippen molar-refractivity contribution in [3.63, 3.8) is 0 Å². The highest BCUT2D eigenvalue weighted by atomic mass is 35.5. The fourth-order valence-electron chi connectivity index (χ4n) is 2.48. The average molecular weight is 298 g/mol. The van der Waals surface area contributed by atoms with Gasteiger partial charge in [0.1, 0.15) is 0 Å². The normalized spacial score (nSPS) is 22.6.